The maximum Gasteiger partial charge on any atom is 0.331 e. The van der Waals surface area contributed by atoms with Crippen molar-refractivity contribution in [2.75, 3.05) is 0 Å². The summed E-state index contributed by atoms with van der Waals surface area (Å²) in [6, 6.07) is 4.93. The predicted molar refractivity (Wildman–Crippen MR) is 90.3 cm³/mol. The minimum Gasteiger partial charge on any atom is -0.478 e. The molecule has 0 unspecified atom stereocenters. The van der Waals surface area contributed by atoms with E-state index in [-0.39, 0.29) is 16.7 Å². The average molecular weight is 330 g/mol. The van der Waals surface area contributed by atoms with Gasteiger partial charge in [-0.05, 0) is 55.7 Å². The molecule has 0 saturated heterocycles. The Kier molecular flexibility index (Phi) is 6.23. The first-order chi connectivity index (χ1) is 11.1. The van der Waals surface area contributed by atoms with Gasteiger partial charge in [-0.25, -0.2) is 14.4 Å². The molecule has 0 aliphatic heterocycles. The minimum atomic E-state index is -1.12. The summed E-state index contributed by atoms with van der Waals surface area (Å²) in [5, 5.41) is 27.1. The van der Waals surface area contributed by atoms with Crippen molar-refractivity contribution in [1.29, 1.82) is 0 Å². The van der Waals surface area contributed by atoms with Crippen molar-refractivity contribution in [1.82, 2.24) is 0 Å². The first-order valence-electron chi connectivity index (χ1n) is 7.01. The summed E-state index contributed by atoms with van der Waals surface area (Å²) < 4.78 is 0. The van der Waals surface area contributed by atoms with Crippen molar-refractivity contribution in [2.24, 2.45) is 0 Å². The second-order valence-corrected chi connectivity index (χ2v) is 5.25. The van der Waals surface area contributed by atoms with Gasteiger partial charge in [-0.15, -0.1) is 0 Å². The standard InChI is InChI=1S/C18H18O6/c1-10(16(19)20)7-13-5-4-6-14(8-11(2)17(21)22)15(13)9-12(3)18(23)24/h4-9H,1-3H3,(H,19,20)(H,21,22)(H,23,24). The Morgan fingerprint density at radius 1 is 0.708 bits per heavy atom. The molecule has 0 bridgehead atoms. The molecule has 1 aromatic carbocycles. The van der Waals surface area contributed by atoms with E-state index in [4.69, 9.17) is 15.3 Å². The van der Waals surface area contributed by atoms with Crippen LogP contribution >= 0.6 is 0 Å². The van der Waals surface area contributed by atoms with E-state index < -0.39 is 17.9 Å². The Labute approximate surface area is 139 Å². The Balaban J connectivity index is 3.67. The Morgan fingerprint density at radius 3 is 1.38 bits per heavy atom. The highest BCUT2D eigenvalue weighted by molar-refractivity contribution is 5.97. The molecule has 126 valence electrons. The molecule has 0 amide bonds. The molecule has 0 radical (unpaired) electrons. The summed E-state index contributed by atoms with van der Waals surface area (Å²) in [6.07, 6.45) is 4.22. The van der Waals surface area contributed by atoms with Crippen molar-refractivity contribution < 1.29 is 29.7 Å². The molecule has 1 rings (SSSR count). The van der Waals surface area contributed by atoms with Crippen LogP contribution in [0.3, 0.4) is 0 Å². The third kappa shape index (κ3) is 4.95. The fourth-order valence-corrected chi connectivity index (χ4v) is 1.89. The summed E-state index contributed by atoms with van der Waals surface area (Å²) in [6.45, 7) is 4.25. The smallest absolute Gasteiger partial charge is 0.331 e. The summed E-state index contributed by atoms with van der Waals surface area (Å²) >= 11 is 0. The van der Waals surface area contributed by atoms with E-state index in [0.29, 0.717) is 16.7 Å². The van der Waals surface area contributed by atoms with Crippen LogP contribution in [-0.4, -0.2) is 33.2 Å². The number of hydrogen-bond donors (Lipinski definition) is 3. The van der Waals surface area contributed by atoms with E-state index in [9.17, 15) is 14.4 Å². The maximum absolute atomic E-state index is 11.1. The van der Waals surface area contributed by atoms with Crippen molar-refractivity contribution in [3.63, 3.8) is 0 Å². The summed E-state index contributed by atoms with van der Waals surface area (Å²) in [7, 11) is 0. The van der Waals surface area contributed by atoms with Crippen LogP contribution in [0.1, 0.15) is 37.5 Å². The zero-order valence-corrected chi connectivity index (χ0v) is 13.5. The van der Waals surface area contributed by atoms with Crippen LogP contribution in [0.2, 0.25) is 0 Å². The van der Waals surface area contributed by atoms with Crippen LogP contribution in [0.15, 0.2) is 34.9 Å². The molecule has 3 N–H and O–H groups in total. The summed E-state index contributed by atoms with van der Waals surface area (Å²) in [5.41, 5.74) is 1.62. The van der Waals surface area contributed by atoms with Crippen LogP contribution in [0.4, 0.5) is 0 Å². The first kappa shape index (κ1) is 18.9. The Morgan fingerprint density at radius 2 is 1.04 bits per heavy atom. The minimum absolute atomic E-state index is 0.0476. The lowest BCUT2D eigenvalue weighted by Crippen LogP contribution is -2.00. The predicted octanol–water partition coefficient (Wildman–Crippen LogP) is 3.15. The Hall–Kier alpha value is -3.15. The van der Waals surface area contributed by atoms with E-state index in [0.717, 1.165) is 0 Å². The van der Waals surface area contributed by atoms with Gasteiger partial charge in [0.1, 0.15) is 0 Å². The van der Waals surface area contributed by atoms with Crippen LogP contribution in [0, 0.1) is 0 Å². The number of aliphatic carboxylic acids is 3. The number of carboxylic acid groups (broad SMARTS) is 3. The third-order valence-electron chi connectivity index (χ3n) is 3.29. The zero-order chi connectivity index (χ0) is 18.4. The normalized spacial score (nSPS) is 12.9. The number of hydrogen-bond acceptors (Lipinski definition) is 3. The van der Waals surface area contributed by atoms with Gasteiger partial charge in [-0.1, -0.05) is 18.2 Å². The van der Waals surface area contributed by atoms with Crippen molar-refractivity contribution in [3.8, 4) is 0 Å². The van der Waals surface area contributed by atoms with Crippen molar-refractivity contribution in [2.45, 2.75) is 20.8 Å². The summed E-state index contributed by atoms with van der Waals surface area (Å²) in [4.78, 5) is 33.2. The largest absolute Gasteiger partial charge is 0.478 e. The van der Waals surface area contributed by atoms with E-state index >= 15 is 0 Å². The number of rotatable bonds is 6. The van der Waals surface area contributed by atoms with Gasteiger partial charge in [0.2, 0.25) is 0 Å². The van der Waals surface area contributed by atoms with E-state index in [2.05, 4.69) is 0 Å². The topological polar surface area (TPSA) is 112 Å². The second kappa shape index (κ2) is 7.92. The molecular formula is C18H18O6. The molecule has 0 aliphatic carbocycles. The second-order valence-electron chi connectivity index (χ2n) is 5.25. The van der Waals surface area contributed by atoms with Crippen LogP contribution in [-0.2, 0) is 14.4 Å². The maximum atomic E-state index is 11.1. The number of benzene rings is 1. The highest BCUT2D eigenvalue weighted by Gasteiger charge is 2.10. The van der Waals surface area contributed by atoms with Gasteiger partial charge in [0.15, 0.2) is 0 Å². The lowest BCUT2D eigenvalue weighted by molar-refractivity contribution is -0.133. The molecule has 24 heavy (non-hydrogen) atoms. The van der Waals surface area contributed by atoms with Gasteiger partial charge in [0.25, 0.3) is 0 Å². The van der Waals surface area contributed by atoms with Gasteiger partial charge < -0.3 is 15.3 Å². The molecule has 0 aromatic heterocycles. The van der Waals surface area contributed by atoms with Crippen molar-refractivity contribution >= 4 is 36.1 Å². The average Bonchev–Trinajstić information content (AvgIpc) is 2.49. The van der Waals surface area contributed by atoms with E-state index in [1.165, 1.54) is 39.0 Å². The third-order valence-corrected chi connectivity index (χ3v) is 3.29. The molecule has 0 heterocycles. The fraction of sp³-hybridized carbons (Fsp3) is 0.167. The lowest BCUT2D eigenvalue weighted by atomic mass is 9.96. The van der Waals surface area contributed by atoms with Crippen LogP contribution < -0.4 is 0 Å². The van der Waals surface area contributed by atoms with Gasteiger partial charge in [-0.2, -0.15) is 0 Å². The molecule has 0 aliphatic rings. The highest BCUT2D eigenvalue weighted by atomic mass is 16.4. The van der Waals surface area contributed by atoms with Crippen molar-refractivity contribution in [3.05, 3.63) is 51.6 Å². The fourth-order valence-electron chi connectivity index (χ4n) is 1.89. The number of carbonyl (C=O) groups is 3. The van der Waals surface area contributed by atoms with Gasteiger partial charge in [0.05, 0.1) is 0 Å². The monoisotopic (exact) mass is 330 g/mol. The Bertz CT molecular complexity index is 732. The lowest BCUT2D eigenvalue weighted by Gasteiger charge is -2.09. The molecule has 0 fully saturated rings. The quantitative estimate of drug-likeness (QED) is 0.691. The molecule has 6 nitrogen and oxygen atoms in total. The molecular weight excluding hydrogens is 312 g/mol. The highest BCUT2D eigenvalue weighted by Crippen LogP contribution is 2.23. The summed E-state index contributed by atoms with van der Waals surface area (Å²) in [5.74, 6) is -3.31. The van der Waals surface area contributed by atoms with Crippen LogP contribution in [0.25, 0.3) is 18.2 Å². The molecule has 6 heteroatoms. The van der Waals surface area contributed by atoms with E-state index in [1.807, 2.05) is 0 Å². The molecule has 1 aromatic rings. The van der Waals surface area contributed by atoms with E-state index in [1.54, 1.807) is 18.2 Å². The first-order valence-corrected chi connectivity index (χ1v) is 7.01. The molecule has 0 atom stereocenters. The number of carboxylic acids is 3. The van der Waals surface area contributed by atoms with Gasteiger partial charge >= 0.3 is 17.9 Å². The van der Waals surface area contributed by atoms with Crippen LogP contribution in [0.5, 0.6) is 0 Å². The van der Waals surface area contributed by atoms with Gasteiger partial charge in [-0.3, -0.25) is 0 Å². The van der Waals surface area contributed by atoms with Gasteiger partial charge in [0, 0.05) is 16.7 Å². The SMILES string of the molecule is CC(=Cc1cccc(C=C(C)C(=O)O)c1C=C(C)C(=O)O)C(=O)O. The zero-order valence-electron chi connectivity index (χ0n) is 13.5. The molecule has 0 spiro atoms. The molecule has 0 saturated carbocycles.